The van der Waals surface area contributed by atoms with E-state index in [0.29, 0.717) is 6.42 Å². The number of esters is 2. The minimum Gasteiger partial charge on any atom is -0.462 e. The molecule has 0 saturated heterocycles. The molecule has 446 valence electrons. The van der Waals surface area contributed by atoms with Gasteiger partial charge in [0, 0.05) is 19.4 Å². The first-order chi connectivity index (χ1) is 36.8. The van der Waals surface area contributed by atoms with Crippen molar-refractivity contribution < 1.29 is 37.6 Å². The summed E-state index contributed by atoms with van der Waals surface area (Å²) in [5.74, 6) is -0.806. The summed E-state index contributed by atoms with van der Waals surface area (Å²) in [6.07, 6.45) is 73.3. The Balaban J connectivity index is 3.67. The van der Waals surface area contributed by atoms with Crippen LogP contribution in [-0.4, -0.2) is 49.3 Å². The number of rotatable bonds is 64. The van der Waals surface area contributed by atoms with Gasteiger partial charge in [0.1, 0.15) is 6.61 Å². The van der Waals surface area contributed by atoms with Gasteiger partial charge in [-0.2, -0.15) is 0 Å². The van der Waals surface area contributed by atoms with E-state index in [9.17, 15) is 19.0 Å². The number of unbranched alkanes of at least 4 members (excludes halogenated alkanes) is 49. The number of carbonyl (C=O) groups excluding carboxylic acids is 2. The van der Waals surface area contributed by atoms with Gasteiger partial charge in [0.2, 0.25) is 0 Å². The van der Waals surface area contributed by atoms with Gasteiger partial charge in [0.15, 0.2) is 6.10 Å². The first-order valence-electron chi connectivity index (χ1n) is 33.2. The molecule has 0 rings (SSSR count). The maximum absolute atomic E-state index is 12.7. The van der Waals surface area contributed by atoms with Crippen LogP contribution in [0.2, 0.25) is 0 Å². The van der Waals surface area contributed by atoms with E-state index >= 15 is 0 Å². The second-order valence-corrected chi connectivity index (χ2v) is 24.2. The topological polar surface area (TPSA) is 134 Å². The van der Waals surface area contributed by atoms with E-state index < -0.39 is 26.5 Å². The molecule has 0 aromatic rings. The van der Waals surface area contributed by atoms with E-state index in [0.717, 1.165) is 32.1 Å². The van der Waals surface area contributed by atoms with Crippen LogP contribution in [0.15, 0.2) is 12.2 Å². The Kier molecular flexibility index (Phi) is 60.9. The molecule has 2 unspecified atom stereocenters. The molecule has 0 bridgehead atoms. The number of hydrogen-bond acceptors (Lipinski definition) is 8. The van der Waals surface area contributed by atoms with Crippen molar-refractivity contribution in [2.24, 2.45) is 5.73 Å². The van der Waals surface area contributed by atoms with E-state index in [4.69, 9.17) is 24.3 Å². The molecule has 0 aliphatic carbocycles. The Morgan fingerprint density at radius 1 is 0.387 bits per heavy atom. The van der Waals surface area contributed by atoms with Crippen LogP contribution in [-0.2, 0) is 32.7 Å². The van der Waals surface area contributed by atoms with Crippen molar-refractivity contribution in [1.82, 2.24) is 0 Å². The van der Waals surface area contributed by atoms with Crippen molar-refractivity contribution in [3.05, 3.63) is 12.2 Å². The highest BCUT2D eigenvalue weighted by Crippen LogP contribution is 2.43. The maximum Gasteiger partial charge on any atom is 0.472 e. The molecule has 0 amide bonds. The second-order valence-electron chi connectivity index (χ2n) is 22.7. The molecule has 10 heteroatoms. The molecule has 0 spiro atoms. The maximum atomic E-state index is 12.7. The average Bonchev–Trinajstić information content (AvgIpc) is 3.40. The van der Waals surface area contributed by atoms with Gasteiger partial charge in [0.05, 0.1) is 13.2 Å². The predicted molar refractivity (Wildman–Crippen MR) is 321 cm³/mol. The Morgan fingerprint density at radius 2 is 0.653 bits per heavy atom. The number of phosphoric acid groups is 1. The molecule has 0 fully saturated rings. The lowest BCUT2D eigenvalue weighted by Gasteiger charge is -2.19. The largest absolute Gasteiger partial charge is 0.472 e. The van der Waals surface area contributed by atoms with Crippen molar-refractivity contribution >= 4 is 19.8 Å². The average molecular weight is 1080 g/mol. The summed E-state index contributed by atoms with van der Waals surface area (Å²) in [5, 5.41) is 0. The number of hydrogen-bond donors (Lipinski definition) is 2. The van der Waals surface area contributed by atoms with Crippen molar-refractivity contribution in [2.45, 2.75) is 367 Å². The summed E-state index contributed by atoms with van der Waals surface area (Å²) in [4.78, 5) is 35.1. The Bertz CT molecular complexity index is 1230. The number of allylic oxidation sites excluding steroid dienone is 2. The minimum atomic E-state index is -4.38. The summed E-state index contributed by atoms with van der Waals surface area (Å²) in [6.45, 7) is 3.80. The van der Waals surface area contributed by atoms with E-state index in [1.54, 1.807) is 0 Å². The van der Waals surface area contributed by atoms with Gasteiger partial charge in [-0.05, 0) is 38.5 Å². The van der Waals surface area contributed by atoms with E-state index in [1.165, 1.54) is 295 Å². The molecule has 9 nitrogen and oxygen atoms in total. The molecular formula is C65H128NO8P. The molecular weight excluding hydrogens is 954 g/mol. The zero-order chi connectivity index (χ0) is 54.5. The van der Waals surface area contributed by atoms with Gasteiger partial charge in [0.25, 0.3) is 0 Å². The zero-order valence-corrected chi connectivity index (χ0v) is 51.0. The Morgan fingerprint density at radius 3 is 0.947 bits per heavy atom. The van der Waals surface area contributed by atoms with Crippen LogP contribution in [0.25, 0.3) is 0 Å². The molecule has 0 aromatic heterocycles. The zero-order valence-electron chi connectivity index (χ0n) is 50.1. The predicted octanol–water partition coefficient (Wildman–Crippen LogP) is 21.2. The van der Waals surface area contributed by atoms with Crippen LogP contribution in [0.4, 0.5) is 0 Å². The van der Waals surface area contributed by atoms with Crippen molar-refractivity contribution in [1.29, 1.82) is 0 Å². The SMILES string of the molecule is CCCCCCCCCC/C=C\CCCCCCCCCCCCCCCCCCCCCCCCCCCCCCCC(=O)OC(COC(=O)CCCCCCCCCCCCCCC)COP(=O)(O)OCCN. The molecule has 2 atom stereocenters. The van der Waals surface area contributed by atoms with Gasteiger partial charge in [-0.1, -0.05) is 321 Å². The summed E-state index contributed by atoms with van der Waals surface area (Å²) >= 11 is 0. The second kappa shape index (κ2) is 62.0. The van der Waals surface area contributed by atoms with Crippen LogP contribution in [0, 0.1) is 0 Å². The number of ether oxygens (including phenoxy) is 2. The highest BCUT2D eigenvalue weighted by atomic mass is 31.2. The minimum absolute atomic E-state index is 0.0579. The van der Waals surface area contributed by atoms with Crippen LogP contribution in [0.1, 0.15) is 361 Å². The molecule has 0 saturated carbocycles. The van der Waals surface area contributed by atoms with Crippen LogP contribution in [0.5, 0.6) is 0 Å². The van der Waals surface area contributed by atoms with Crippen LogP contribution < -0.4 is 5.73 Å². The van der Waals surface area contributed by atoms with Crippen LogP contribution >= 0.6 is 7.82 Å². The van der Waals surface area contributed by atoms with Crippen molar-refractivity contribution in [2.75, 3.05) is 26.4 Å². The van der Waals surface area contributed by atoms with E-state index in [1.807, 2.05) is 0 Å². The summed E-state index contributed by atoms with van der Waals surface area (Å²) in [7, 11) is -4.38. The molecule has 3 N–H and O–H groups in total. The first-order valence-corrected chi connectivity index (χ1v) is 34.7. The fourth-order valence-electron chi connectivity index (χ4n) is 10.2. The third kappa shape index (κ3) is 61.8. The Labute approximate surface area is 466 Å². The standard InChI is InChI=1S/C65H128NO8P/c1-3-5-7-9-11-13-15-17-18-19-20-21-22-23-24-25-26-27-28-29-30-31-32-33-34-35-36-37-38-39-40-41-42-43-44-46-48-50-52-54-56-58-65(68)74-63(62-73-75(69,70)72-60-59-66)61-71-64(67)57-55-53-51-49-47-45-16-14-12-10-8-6-4-2/h19-20,63H,3-18,21-62,66H2,1-2H3,(H,69,70)/b20-19-. The fraction of sp³-hybridized carbons (Fsp3) is 0.938. The van der Waals surface area contributed by atoms with E-state index in [-0.39, 0.29) is 38.6 Å². The molecule has 0 aliphatic heterocycles. The summed E-state index contributed by atoms with van der Waals surface area (Å²) in [5.41, 5.74) is 5.38. The lowest BCUT2D eigenvalue weighted by Crippen LogP contribution is -2.29. The van der Waals surface area contributed by atoms with E-state index in [2.05, 4.69) is 26.0 Å². The van der Waals surface area contributed by atoms with Gasteiger partial charge in [-0.15, -0.1) is 0 Å². The highest BCUT2D eigenvalue weighted by molar-refractivity contribution is 7.47. The number of nitrogens with two attached hydrogens (primary N) is 1. The molecule has 75 heavy (non-hydrogen) atoms. The number of phosphoric ester groups is 1. The van der Waals surface area contributed by atoms with Gasteiger partial charge in [-0.3, -0.25) is 18.6 Å². The smallest absolute Gasteiger partial charge is 0.462 e. The summed E-state index contributed by atoms with van der Waals surface area (Å²) < 4.78 is 33.0. The quantitative estimate of drug-likeness (QED) is 0.0264. The lowest BCUT2D eigenvalue weighted by molar-refractivity contribution is -0.161. The van der Waals surface area contributed by atoms with Crippen LogP contribution in [0.3, 0.4) is 0 Å². The third-order valence-corrected chi connectivity index (χ3v) is 16.1. The van der Waals surface area contributed by atoms with Crippen molar-refractivity contribution in [3.63, 3.8) is 0 Å². The normalized spacial score (nSPS) is 13.0. The highest BCUT2D eigenvalue weighted by Gasteiger charge is 2.26. The molecule has 0 heterocycles. The van der Waals surface area contributed by atoms with Crippen molar-refractivity contribution in [3.8, 4) is 0 Å². The first kappa shape index (κ1) is 73.8. The fourth-order valence-corrected chi connectivity index (χ4v) is 11.0. The Hall–Kier alpha value is -1.25. The molecule has 0 aromatic carbocycles. The lowest BCUT2D eigenvalue weighted by atomic mass is 10.0. The van der Waals surface area contributed by atoms with Gasteiger partial charge < -0.3 is 20.1 Å². The molecule has 0 radical (unpaired) electrons. The van der Waals surface area contributed by atoms with Gasteiger partial charge in [-0.25, -0.2) is 4.57 Å². The third-order valence-electron chi connectivity index (χ3n) is 15.2. The monoisotopic (exact) mass is 1080 g/mol. The summed E-state index contributed by atoms with van der Waals surface area (Å²) in [6, 6.07) is 0. The van der Waals surface area contributed by atoms with Gasteiger partial charge >= 0.3 is 19.8 Å². The number of carbonyl (C=O) groups is 2. The molecule has 0 aliphatic rings.